The summed E-state index contributed by atoms with van der Waals surface area (Å²) in [5, 5.41) is 6.56. The smallest absolute Gasteiger partial charge is 0.331 e. The molecule has 3 aromatic rings. The first-order chi connectivity index (χ1) is 16.9. The Kier molecular flexibility index (Phi) is 9.00. The third-order valence-electron chi connectivity index (χ3n) is 5.15. The molecule has 8 nitrogen and oxygen atoms in total. The van der Waals surface area contributed by atoms with Crippen LogP contribution < -0.4 is 14.8 Å². The number of esters is 1. The number of nitrogens with zero attached hydrogens (tertiary/aromatic N) is 1. The number of hydrogen-bond donors (Lipinski definition) is 1. The molecule has 3 rings (SSSR count). The molecule has 184 valence electrons. The predicted octanol–water partition coefficient (Wildman–Crippen LogP) is 3.93. The molecule has 0 unspecified atom stereocenters. The molecule has 0 saturated carbocycles. The Hall–Kier alpha value is -4.14. The highest BCUT2D eigenvalue weighted by Gasteiger charge is 2.12. The highest BCUT2D eigenvalue weighted by Crippen LogP contribution is 2.30. The maximum absolute atomic E-state index is 12.9. The van der Waals surface area contributed by atoms with E-state index in [4.69, 9.17) is 18.7 Å². The minimum atomic E-state index is -0.656. The number of benzene rings is 2. The van der Waals surface area contributed by atoms with Gasteiger partial charge in [0, 0.05) is 12.6 Å². The van der Waals surface area contributed by atoms with Crippen LogP contribution >= 0.6 is 0 Å². The summed E-state index contributed by atoms with van der Waals surface area (Å²) in [7, 11) is 1.52. The number of methoxy groups -OCH3 is 1. The van der Waals surface area contributed by atoms with Gasteiger partial charge in [-0.25, -0.2) is 9.18 Å². The van der Waals surface area contributed by atoms with Crippen LogP contribution in [0.1, 0.15) is 28.1 Å². The quantitative estimate of drug-likeness (QED) is 0.326. The van der Waals surface area contributed by atoms with Crippen molar-refractivity contribution in [2.75, 3.05) is 20.3 Å². The normalized spacial score (nSPS) is 10.9. The van der Waals surface area contributed by atoms with E-state index in [1.54, 1.807) is 36.4 Å². The van der Waals surface area contributed by atoms with E-state index in [0.717, 1.165) is 16.8 Å². The van der Waals surface area contributed by atoms with Crippen LogP contribution in [0.3, 0.4) is 0 Å². The molecule has 0 aliphatic rings. The van der Waals surface area contributed by atoms with Crippen LogP contribution in [0, 0.1) is 19.7 Å². The highest BCUT2D eigenvalue weighted by molar-refractivity contribution is 5.89. The van der Waals surface area contributed by atoms with E-state index in [0.29, 0.717) is 35.8 Å². The Morgan fingerprint density at radius 1 is 1.11 bits per heavy atom. The topological polar surface area (TPSA) is 99.9 Å². The van der Waals surface area contributed by atoms with E-state index in [9.17, 15) is 14.0 Å². The molecule has 1 N–H and O–H groups in total. The molecular formula is C26H27FN2O6. The van der Waals surface area contributed by atoms with E-state index >= 15 is 0 Å². The van der Waals surface area contributed by atoms with Crippen molar-refractivity contribution in [3.63, 3.8) is 0 Å². The van der Waals surface area contributed by atoms with Gasteiger partial charge in [-0.3, -0.25) is 4.79 Å². The average Bonchev–Trinajstić information content (AvgIpc) is 3.18. The first-order valence-electron chi connectivity index (χ1n) is 10.9. The fraction of sp³-hybridized carbons (Fsp3) is 0.269. The predicted molar refractivity (Wildman–Crippen MR) is 126 cm³/mol. The van der Waals surface area contributed by atoms with Crippen LogP contribution in [0.5, 0.6) is 11.5 Å². The molecular weight excluding hydrogens is 455 g/mol. The maximum atomic E-state index is 12.9. The number of halogens is 1. The van der Waals surface area contributed by atoms with Crippen molar-refractivity contribution in [1.29, 1.82) is 0 Å². The zero-order chi connectivity index (χ0) is 25.2. The maximum Gasteiger partial charge on any atom is 0.331 e. The van der Waals surface area contributed by atoms with Gasteiger partial charge in [-0.15, -0.1) is 0 Å². The Morgan fingerprint density at radius 2 is 1.89 bits per heavy atom. The van der Waals surface area contributed by atoms with Gasteiger partial charge in [-0.1, -0.05) is 23.4 Å². The number of ether oxygens (including phenoxy) is 3. The summed E-state index contributed by atoms with van der Waals surface area (Å²) >= 11 is 0. The zero-order valence-corrected chi connectivity index (χ0v) is 19.8. The molecule has 0 bridgehead atoms. The number of aryl methyl sites for hydroxylation is 2. The van der Waals surface area contributed by atoms with Gasteiger partial charge < -0.3 is 24.1 Å². The number of carbonyl (C=O) groups excluding carboxylic acids is 2. The Balaban J connectivity index is 1.44. The van der Waals surface area contributed by atoms with Crippen molar-refractivity contribution >= 4 is 18.0 Å². The lowest BCUT2D eigenvalue weighted by atomic mass is 10.1. The average molecular weight is 483 g/mol. The fourth-order valence-corrected chi connectivity index (χ4v) is 3.16. The van der Waals surface area contributed by atoms with Crippen LogP contribution in [-0.4, -0.2) is 37.3 Å². The molecule has 0 aliphatic heterocycles. The minimum Gasteiger partial charge on any atom is -0.493 e. The lowest BCUT2D eigenvalue weighted by Gasteiger charge is -2.11. The molecule has 35 heavy (non-hydrogen) atoms. The molecule has 0 atom stereocenters. The standard InChI is InChI=1S/C26H27FN2O6/c1-17-22(18(2)35-29-17)15-33-23-10-6-20(14-24(23)32-3)7-11-26(31)34-16-25(30)28-13-12-19-4-8-21(27)9-5-19/h4-11,14H,12-13,15-16H2,1-3H3,(H,28,30)/b11-7+. The molecule has 0 saturated heterocycles. The zero-order valence-electron chi connectivity index (χ0n) is 19.8. The molecule has 2 aromatic carbocycles. The van der Waals surface area contributed by atoms with Crippen LogP contribution in [0.4, 0.5) is 4.39 Å². The third-order valence-corrected chi connectivity index (χ3v) is 5.15. The number of hydrogen-bond acceptors (Lipinski definition) is 7. The van der Waals surface area contributed by atoms with Crippen molar-refractivity contribution in [3.8, 4) is 11.5 Å². The fourth-order valence-electron chi connectivity index (χ4n) is 3.16. The molecule has 0 spiro atoms. The van der Waals surface area contributed by atoms with Crippen molar-refractivity contribution in [3.05, 3.63) is 82.5 Å². The number of carbonyl (C=O) groups is 2. The van der Waals surface area contributed by atoms with Crippen LogP contribution in [0.25, 0.3) is 6.08 Å². The van der Waals surface area contributed by atoms with E-state index in [1.807, 2.05) is 13.8 Å². The van der Waals surface area contributed by atoms with E-state index in [1.165, 1.54) is 25.3 Å². The SMILES string of the molecule is COc1cc(/C=C/C(=O)OCC(=O)NCCc2ccc(F)cc2)ccc1OCc1c(C)noc1C. The minimum absolute atomic E-state index is 0.283. The number of aromatic nitrogens is 1. The van der Waals surface area contributed by atoms with Gasteiger partial charge in [0.1, 0.15) is 18.2 Å². The van der Waals surface area contributed by atoms with Gasteiger partial charge in [0.2, 0.25) is 0 Å². The van der Waals surface area contributed by atoms with Crippen LogP contribution in [0.15, 0.2) is 53.1 Å². The van der Waals surface area contributed by atoms with E-state index in [2.05, 4.69) is 10.5 Å². The summed E-state index contributed by atoms with van der Waals surface area (Å²) in [6, 6.07) is 11.2. The lowest BCUT2D eigenvalue weighted by Crippen LogP contribution is -2.30. The van der Waals surface area contributed by atoms with E-state index in [-0.39, 0.29) is 12.4 Å². The van der Waals surface area contributed by atoms with Gasteiger partial charge in [0.15, 0.2) is 18.1 Å². The summed E-state index contributed by atoms with van der Waals surface area (Å²) in [6.45, 7) is 3.90. The Morgan fingerprint density at radius 3 is 2.57 bits per heavy atom. The van der Waals surface area contributed by atoms with Crippen molar-refractivity contribution in [2.24, 2.45) is 0 Å². The summed E-state index contributed by atoms with van der Waals surface area (Å²) in [4.78, 5) is 23.8. The van der Waals surface area contributed by atoms with Gasteiger partial charge in [0.25, 0.3) is 5.91 Å². The molecule has 0 radical (unpaired) electrons. The molecule has 9 heteroatoms. The van der Waals surface area contributed by atoms with Gasteiger partial charge in [0.05, 0.1) is 18.4 Å². The molecule has 0 fully saturated rings. The van der Waals surface area contributed by atoms with E-state index < -0.39 is 18.5 Å². The Labute approximate surface area is 202 Å². The second-order valence-corrected chi connectivity index (χ2v) is 7.67. The van der Waals surface area contributed by atoms with Crippen molar-refractivity contribution in [2.45, 2.75) is 26.9 Å². The molecule has 1 amide bonds. The van der Waals surface area contributed by atoms with Gasteiger partial charge in [-0.2, -0.15) is 0 Å². The monoisotopic (exact) mass is 482 g/mol. The first-order valence-corrected chi connectivity index (χ1v) is 10.9. The third kappa shape index (κ3) is 7.70. The summed E-state index contributed by atoms with van der Waals surface area (Å²) in [5.74, 6) is 0.332. The summed E-state index contributed by atoms with van der Waals surface area (Å²) in [5.41, 5.74) is 3.22. The highest BCUT2D eigenvalue weighted by atomic mass is 19.1. The Bertz CT molecular complexity index is 1170. The summed E-state index contributed by atoms with van der Waals surface area (Å²) < 4.78 is 34.2. The summed E-state index contributed by atoms with van der Waals surface area (Å²) in [6.07, 6.45) is 3.32. The lowest BCUT2D eigenvalue weighted by molar-refractivity contribution is -0.143. The second-order valence-electron chi connectivity index (χ2n) is 7.67. The molecule has 1 heterocycles. The van der Waals surface area contributed by atoms with Crippen molar-refractivity contribution < 1.29 is 32.7 Å². The molecule has 1 aromatic heterocycles. The van der Waals surface area contributed by atoms with Crippen LogP contribution in [0.2, 0.25) is 0 Å². The number of nitrogens with one attached hydrogen (secondary N) is 1. The van der Waals surface area contributed by atoms with Gasteiger partial charge >= 0.3 is 5.97 Å². The number of rotatable bonds is 11. The largest absolute Gasteiger partial charge is 0.493 e. The number of amides is 1. The molecule has 0 aliphatic carbocycles. The van der Waals surface area contributed by atoms with Crippen molar-refractivity contribution in [1.82, 2.24) is 10.5 Å². The first kappa shape index (κ1) is 25.5. The van der Waals surface area contributed by atoms with Crippen LogP contribution in [-0.2, 0) is 27.4 Å². The second kappa shape index (κ2) is 12.4. The van der Waals surface area contributed by atoms with Gasteiger partial charge in [-0.05, 0) is 61.7 Å².